The zero-order valence-electron chi connectivity index (χ0n) is 11.0. The Kier molecular flexibility index (Phi) is 4.37. The molecule has 1 heterocycles. The van der Waals surface area contributed by atoms with Crippen LogP contribution in [0.2, 0.25) is 0 Å². The van der Waals surface area contributed by atoms with Gasteiger partial charge in [0.1, 0.15) is 11.6 Å². The van der Waals surface area contributed by atoms with E-state index in [4.69, 9.17) is 9.84 Å². The SMILES string of the molecule is O=C(NCc1cc(F)ccc1F)NC1(C(=O)O)CCOC1. The Balaban J connectivity index is 1.96. The van der Waals surface area contributed by atoms with Crippen molar-refractivity contribution in [3.05, 3.63) is 35.4 Å². The van der Waals surface area contributed by atoms with Gasteiger partial charge in [-0.05, 0) is 18.2 Å². The van der Waals surface area contributed by atoms with E-state index < -0.39 is 29.2 Å². The van der Waals surface area contributed by atoms with Crippen LogP contribution in [0.5, 0.6) is 0 Å². The Morgan fingerprint density at radius 3 is 2.76 bits per heavy atom. The number of ether oxygens (including phenoxy) is 1. The van der Waals surface area contributed by atoms with Crippen molar-refractivity contribution < 1.29 is 28.2 Å². The maximum atomic E-state index is 13.4. The molecule has 8 heteroatoms. The highest BCUT2D eigenvalue weighted by Gasteiger charge is 2.43. The van der Waals surface area contributed by atoms with E-state index >= 15 is 0 Å². The van der Waals surface area contributed by atoms with Crippen molar-refractivity contribution in [3.8, 4) is 0 Å². The Morgan fingerprint density at radius 1 is 1.38 bits per heavy atom. The molecule has 114 valence electrons. The van der Waals surface area contributed by atoms with E-state index in [0.29, 0.717) is 0 Å². The standard InChI is InChI=1S/C13H14F2N2O4/c14-9-1-2-10(15)8(5-9)6-16-12(20)17-13(11(18)19)3-4-21-7-13/h1-2,5H,3-4,6-7H2,(H,18,19)(H2,16,17,20). The summed E-state index contributed by atoms with van der Waals surface area (Å²) in [6.07, 6.45) is 0.143. The van der Waals surface area contributed by atoms with Gasteiger partial charge in [-0.2, -0.15) is 0 Å². The topological polar surface area (TPSA) is 87.7 Å². The first kappa shape index (κ1) is 15.2. The highest BCUT2D eigenvalue weighted by molar-refractivity contribution is 5.86. The second-order valence-corrected chi connectivity index (χ2v) is 4.73. The summed E-state index contributed by atoms with van der Waals surface area (Å²) in [6, 6.07) is 2.09. The predicted octanol–water partition coefficient (Wildman–Crippen LogP) is 1.01. The summed E-state index contributed by atoms with van der Waals surface area (Å²) < 4.78 is 31.3. The summed E-state index contributed by atoms with van der Waals surface area (Å²) in [4.78, 5) is 22.9. The summed E-state index contributed by atoms with van der Waals surface area (Å²) in [5, 5.41) is 13.7. The third-order valence-electron chi connectivity index (χ3n) is 3.23. The van der Waals surface area contributed by atoms with Crippen molar-refractivity contribution in [2.24, 2.45) is 0 Å². The molecule has 1 aliphatic rings. The van der Waals surface area contributed by atoms with Gasteiger partial charge in [0, 0.05) is 25.1 Å². The van der Waals surface area contributed by atoms with Gasteiger partial charge in [-0.25, -0.2) is 18.4 Å². The van der Waals surface area contributed by atoms with Crippen molar-refractivity contribution in [1.29, 1.82) is 0 Å². The number of carbonyl (C=O) groups is 2. The maximum Gasteiger partial charge on any atom is 0.332 e. The molecule has 0 aromatic heterocycles. The number of urea groups is 1. The first-order valence-corrected chi connectivity index (χ1v) is 6.24. The van der Waals surface area contributed by atoms with Gasteiger partial charge >= 0.3 is 12.0 Å². The Labute approximate surface area is 119 Å². The third kappa shape index (κ3) is 3.46. The first-order chi connectivity index (χ1) is 9.93. The molecule has 6 nitrogen and oxygen atoms in total. The number of amides is 2. The second-order valence-electron chi connectivity index (χ2n) is 4.73. The summed E-state index contributed by atoms with van der Waals surface area (Å²) in [6.45, 7) is -0.166. The lowest BCUT2D eigenvalue weighted by molar-refractivity contribution is -0.144. The van der Waals surface area contributed by atoms with E-state index in [0.717, 1.165) is 18.2 Å². The quantitative estimate of drug-likeness (QED) is 0.774. The van der Waals surface area contributed by atoms with Crippen LogP contribution in [-0.4, -0.2) is 35.9 Å². The molecule has 3 N–H and O–H groups in total. The molecule has 21 heavy (non-hydrogen) atoms. The number of halogens is 2. The normalized spacial score (nSPS) is 21.0. The van der Waals surface area contributed by atoms with Crippen LogP contribution >= 0.6 is 0 Å². The average Bonchev–Trinajstić information content (AvgIpc) is 2.89. The minimum absolute atomic E-state index is 0.0304. The summed E-state index contributed by atoms with van der Waals surface area (Å²) in [5.74, 6) is -2.49. The van der Waals surface area contributed by atoms with Gasteiger partial charge < -0.3 is 20.5 Å². The van der Waals surface area contributed by atoms with Gasteiger partial charge in [-0.15, -0.1) is 0 Å². The van der Waals surface area contributed by atoms with Gasteiger partial charge in [-0.3, -0.25) is 0 Å². The van der Waals surface area contributed by atoms with Crippen LogP contribution in [0.4, 0.5) is 13.6 Å². The van der Waals surface area contributed by atoms with Crippen LogP contribution in [0, 0.1) is 11.6 Å². The van der Waals surface area contributed by atoms with Crippen molar-refractivity contribution in [3.63, 3.8) is 0 Å². The largest absolute Gasteiger partial charge is 0.479 e. The smallest absolute Gasteiger partial charge is 0.332 e. The third-order valence-corrected chi connectivity index (χ3v) is 3.23. The molecule has 1 saturated heterocycles. The minimum atomic E-state index is -1.48. The number of aliphatic carboxylic acids is 1. The monoisotopic (exact) mass is 300 g/mol. The van der Waals surface area contributed by atoms with Crippen LogP contribution < -0.4 is 10.6 Å². The number of hydrogen-bond acceptors (Lipinski definition) is 3. The minimum Gasteiger partial charge on any atom is -0.479 e. The van der Waals surface area contributed by atoms with Crippen molar-refractivity contribution in [2.75, 3.05) is 13.2 Å². The Bertz CT molecular complexity index is 559. The van der Waals surface area contributed by atoms with Gasteiger partial charge in [0.2, 0.25) is 0 Å². The van der Waals surface area contributed by atoms with E-state index in [1.165, 1.54) is 0 Å². The molecule has 1 fully saturated rings. The van der Waals surface area contributed by atoms with E-state index in [9.17, 15) is 18.4 Å². The number of nitrogens with one attached hydrogen (secondary N) is 2. The van der Waals surface area contributed by atoms with E-state index in [-0.39, 0.29) is 31.7 Å². The number of carboxylic acid groups (broad SMARTS) is 1. The fourth-order valence-corrected chi connectivity index (χ4v) is 2.00. The van der Waals surface area contributed by atoms with Gasteiger partial charge in [0.05, 0.1) is 6.61 Å². The molecule has 0 radical (unpaired) electrons. The van der Waals surface area contributed by atoms with Gasteiger partial charge in [-0.1, -0.05) is 0 Å². The van der Waals surface area contributed by atoms with Crippen LogP contribution in [0.15, 0.2) is 18.2 Å². The molecular formula is C13H14F2N2O4. The van der Waals surface area contributed by atoms with Crippen LogP contribution in [0.25, 0.3) is 0 Å². The lowest BCUT2D eigenvalue weighted by atomic mass is 9.99. The Hall–Kier alpha value is -2.22. The van der Waals surface area contributed by atoms with E-state index in [1.54, 1.807) is 0 Å². The van der Waals surface area contributed by atoms with Gasteiger partial charge in [0.15, 0.2) is 5.54 Å². The summed E-state index contributed by atoms with van der Waals surface area (Å²) in [5.41, 5.74) is -1.51. The molecule has 1 unspecified atom stereocenters. The molecule has 1 aromatic carbocycles. The number of carbonyl (C=O) groups excluding carboxylic acids is 1. The molecule has 1 aliphatic heterocycles. The first-order valence-electron chi connectivity index (χ1n) is 6.24. The van der Waals surface area contributed by atoms with Crippen molar-refractivity contribution in [1.82, 2.24) is 10.6 Å². The van der Waals surface area contributed by atoms with Crippen molar-refractivity contribution in [2.45, 2.75) is 18.5 Å². The fraction of sp³-hybridized carbons (Fsp3) is 0.385. The predicted molar refractivity (Wildman–Crippen MR) is 67.5 cm³/mol. The van der Waals surface area contributed by atoms with Gasteiger partial charge in [0.25, 0.3) is 0 Å². The molecular weight excluding hydrogens is 286 g/mol. The lowest BCUT2D eigenvalue weighted by Crippen LogP contribution is -2.57. The number of carboxylic acids is 1. The molecule has 0 aliphatic carbocycles. The van der Waals surface area contributed by atoms with E-state index in [1.807, 2.05) is 0 Å². The zero-order chi connectivity index (χ0) is 15.5. The average molecular weight is 300 g/mol. The second kappa shape index (κ2) is 6.04. The van der Waals surface area contributed by atoms with Crippen molar-refractivity contribution >= 4 is 12.0 Å². The van der Waals surface area contributed by atoms with Crippen LogP contribution in [0.1, 0.15) is 12.0 Å². The molecule has 0 bridgehead atoms. The molecule has 0 saturated carbocycles. The highest BCUT2D eigenvalue weighted by Crippen LogP contribution is 2.18. The van der Waals surface area contributed by atoms with E-state index in [2.05, 4.69) is 10.6 Å². The molecule has 1 atom stereocenters. The Morgan fingerprint density at radius 2 is 2.14 bits per heavy atom. The lowest BCUT2D eigenvalue weighted by Gasteiger charge is -2.23. The fourth-order valence-electron chi connectivity index (χ4n) is 2.00. The molecule has 2 amide bonds. The molecule has 1 aromatic rings. The summed E-state index contributed by atoms with van der Waals surface area (Å²) in [7, 11) is 0. The van der Waals surface area contributed by atoms with Crippen LogP contribution in [0.3, 0.4) is 0 Å². The number of benzene rings is 1. The number of rotatable bonds is 4. The molecule has 2 rings (SSSR count). The van der Waals surface area contributed by atoms with Crippen LogP contribution in [-0.2, 0) is 16.1 Å². The summed E-state index contributed by atoms with van der Waals surface area (Å²) >= 11 is 0. The molecule has 0 spiro atoms. The maximum absolute atomic E-state index is 13.4. The number of hydrogen-bond donors (Lipinski definition) is 3. The highest BCUT2D eigenvalue weighted by atomic mass is 19.1. The zero-order valence-corrected chi connectivity index (χ0v) is 11.0.